The molecule has 1 aromatic heterocycles. The summed E-state index contributed by atoms with van der Waals surface area (Å²) in [5, 5.41) is 18.1. The molecule has 3 heterocycles. The molecule has 44 heavy (non-hydrogen) atoms. The normalized spacial score (nSPS) is 23.9. The van der Waals surface area contributed by atoms with E-state index < -0.39 is 47.8 Å². The van der Waals surface area contributed by atoms with Gasteiger partial charge < -0.3 is 25.7 Å². The van der Waals surface area contributed by atoms with Gasteiger partial charge in [-0.1, -0.05) is 51.3 Å². The number of piperidine rings is 1. The first-order chi connectivity index (χ1) is 21.2. The number of aromatic nitrogens is 1. The molecule has 4 rings (SSSR count). The molecule has 13 nitrogen and oxygen atoms in total. The molecule has 2 aromatic rings. The number of hydrogen-bond acceptors (Lipinski definition) is 7. The lowest BCUT2D eigenvalue weighted by Crippen LogP contribution is -2.62. The summed E-state index contributed by atoms with van der Waals surface area (Å²) in [6.07, 6.45) is 6.15. The average molecular weight is 613 g/mol. The monoisotopic (exact) mass is 612 g/mol. The molecule has 0 saturated carbocycles. The topological polar surface area (TPSA) is 171 Å². The minimum absolute atomic E-state index is 0.127. The Morgan fingerprint density at radius 3 is 2.55 bits per heavy atom. The molecule has 2 fully saturated rings. The van der Waals surface area contributed by atoms with Crippen LogP contribution in [-0.2, 0) is 24.0 Å². The second kappa shape index (κ2) is 15.0. The van der Waals surface area contributed by atoms with Gasteiger partial charge >= 0.3 is 0 Å². The summed E-state index contributed by atoms with van der Waals surface area (Å²) < 4.78 is 1.51. The molecule has 0 aliphatic carbocycles. The fourth-order valence-corrected chi connectivity index (χ4v) is 6.05. The van der Waals surface area contributed by atoms with Crippen molar-refractivity contribution in [3.8, 4) is 0 Å². The highest BCUT2D eigenvalue weighted by Gasteiger charge is 2.41. The Bertz CT molecular complexity index is 1360. The van der Waals surface area contributed by atoms with E-state index in [-0.39, 0.29) is 24.7 Å². The van der Waals surface area contributed by atoms with Gasteiger partial charge in [-0.05, 0) is 44.1 Å². The van der Waals surface area contributed by atoms with Crippen LogP contribution in [0.2, 0.25) is 0 Å². The lowest BCUT2D eigenvalue weighted by Gasteiger charge is -2.39. The maximum absolute atomic E-state index is 14.1. The van der Waals surface area contributed by atoms with E-state index in [0.29, 0.717) is 55.1 Å². The molecule has 0 spiro atoms. The van der Waals surface area contributed by atoms with E-state index in [0.717, 1.165) is 12.8 Å². The van der Waals surface area contributed by atoms with Crippen molar-refractivity contribution in [2.75, 3.05) is 13.7 Å². The van der Waals surface area contributed by atoms with Crippen LogP contribution in [0.4, 0.5) is 0 Å². The smallest absolute Gasteiger partial charge is 0.247 e. The third-order valence-electron chi connectivity index (χ3n) is 8.78. The first kappa shape index (κ1) is 32.8. The van der Waals surface area contributed by atoms with E-state index in [1.54, 1.807) is 16.6 Å². The van der Waals surface area contributed by atoms with Gasteiger partial charge in [0.2, 0.25) is 29.5 Å². The molecule has 13 heteroatoms. The number of unbranched alkanes of at least 4 members (excludes halogenated alkanes) is 2. The van der Waals surface area contributed by atoms with Gasteiger partial charge in [0.25, 0.3) is 0 Å². The minimum atomic E-state index is -1.19. The Morgan fingerprint density at radius 2 is 1.82 bits per heavy atom. The Kier molecular flexibility index (Phi) is 11.2. The van der Waals surface area contributed by atoms with Crippen LogP contribution < -0.4 is 26.3 Å². The molecule has 1 aromatic carbocycles. The van der Waals surface area contributed by atoms with E-state index in [2.05, 4.69) is 16.0 Å². The molecule has 5 amide bonds. The van der Waals surface area contributed by atoms with E-state index in [9.17, 15) is 24.0 Å². The first-order valence-corrected chi connectivity index (χ1v) is 15.5. The lowest BCUT2D eigenvalue weighted by atomic mass is 9.93. The number of hydroxylamine groups is 1. The zero-order valence-electron chi connectivity index (χ0n) is 25.6. The van der Waals surface area contributed by atoms with Crippen LogP contribution in [0.15, 0.2) is 30.5 Å². The van der Waals surface area contributed by atoms with Crippen molar-refractivity contribution in [3.05, 3.63) is 36.0 Å². The second-order valence-electron chi connectivity index (χ2n) is 11.7. The lowest BCUT2D eigenvalue weighted by molar-refractivity contribution is -0.147. The van der Waals surface area contributed by atoms with Crippen LogP contribution in [0.5, 0.6) is 0 Å². The predicted octanol–water partition coefficient (Wildman–Crippen LogP) is 1.72. The van der Waals surface area contributed by atoms with Crippen molar-refractivity contribution in [2.45, 2.75) is 95.8 Å². The van der Waals surface area contributed by atoms with Crippen LogP contribution in [-0.4, -0.2) is 76.2 Å². The largest absolute Gasteiger partial charge is 0.417 e. The SMILES string of the molecule is CCC(C)C1NC(=O)C(c2cn(OC)c3ccccc23)NC(=O)C(CCCCCC(=O)NO)NC(=O)C2CCCCN2C1=O. The second-order valence-corrected chi connectivity index (χ2v) is 11.7. The van der Waals surface area contributed by atoms with Crippen molar-refractivity contribution >= 4 is 40.4 Å². The molecular formula is C31H44N6O7. The Balaban J connectivity index is 1.72. The molecule has 0 bridgehead atoms. The summed E-state index contributed by atoms with van der Waals surface area (Å²) >= 11 is 0. The zero-order chi connectivity index (χ0) is 31.8. The van der Waals surface area contributed by atoms with Crippen molar-refractivity contribution in [1.29, 1.82) is 0 Å². The summed E-state index contributed by atoms with van der Waals surface area (Å²) in [5.41, 5.74) is 2.78. The van der Waals surface area contributed by atoms with Gasteiger partial charge in [-0.15, -0.1) is 0 Å². The molecule has 240 valence electrons. The third-order valence-corrected chi connectivity index (χ3v) is 8.78. The predicted molar refractivity (Wildman–Crippen MR) is 161 cm³/mol. The zero-order valence-corrected chi connectivity index (χ0v) is 25.6. The van der Waals surface area contributed by atoms with Gasteiger partial charge in [0.1, 0.15) is 31.3 Å². The van der Waals surface area contributed by atoms with Gasteiger partial charge in [-0.2, -0.15) is 4.73 Å². The van der Waals surface area contributed by atoms with E-state index in [1.807, 2.05) is 38.1 Å². The Hall–Kier alpha value is -4.13. The van der Waals surface area contributed by atoms with Crippen LogP contribution >= 0.6 is 0 Å². The summed E-state index contributed by atoms with van der Waals surface area (Å²) in [6, 6.07) is 3.51. The molecule has 0 radical (unpaired) electrons. The first-order valence-electron chi connectivity index (χ1n) is 15.5. The highest BCUT2D eigenvalue weighted by Crippen LogP contribution is 2.28. The van der Waals surface area contributed by atoms with Crippen LogP contribution in [0.3, 0.4) is 0 Å². The number of amides is 5. The minimum Gasteiger partial charge on any atom is -0.417 e. The highest BCUT2D eigenvalue weighted by molar-refractivity contribution is 6.00. The molecule has 2 aliphatic rings. The van der Waals surface area contributed by atoms with Crippen molar-refractivity contribution in [1.82, 2.24) is 31.1 Å². The Labute approximate surface area is 256 Å². The number of carbonyl (C=O) groups is 5. The number of nitrogens with one attached hydrogen (secondary N) is 4. The van der Waals surface area contributed by atoms with Crippen LogP contribution in [0, 0.1) is 5.92 Å². The van der Waals surface area contributed by atoms with Gasteiger partial charge in [0, 0.05) is 23.9 Å². The number of hydrogen-bond donors (Lipinski definition) is 5. The number of rotatable bonds is 10. The van der Waals surface area contributed by atoms with Crippen molar-refractivity contribution in [2.24, 2.45) is 5.92 Å². The summed E-state index contributed by atoms with van der Waals surface area (Å²) in [7, 11) is 1.50. The highest BCUT2D eigenvalue weighted by atomic mass is 16.6. The number of nitrogens with zero attached hydrogens (tertiary/aromatic N) is 2. The van der Waals surface area contributed by atoms with Gasteiger partial charge in [0.05, 0.1) is 11.7 Å². The molecule has 2 aliphatic heterocycles. The van der Waals surface area contributed by atoms with Crippen molar-refractivity contribution in [3.63, 3.8) is 0 Å². The summed E-state index contributed by atoms with van der Waals surface area (Å²) in [6.45, 7) is 4.21. The fourth-order valence-electron chi connectivity index (χ4n) is 6.05. The molecule has 5 N–H and O–H groups in total. The number of benzene rings is 1. The summed E-state index contributed by atoms with van der Waals surface area (Å²) in [4.78, 5) is 74.2. The quantitative estimate of drug-likeness (QED) is 0.154. The van der Waals surface area contributed by atoms with E-state index in [4.69, 9.17) is 10.0 Å². The molecule has 5 unspecified atom stereocenters. The number of carbonyl (C=O) groups excluding carboxylic acids is 5. The maximum atomic E-state index is 14.1. The average Bonchev–Trinajstić information content (AvgIpc) is 3.42. The third kappa shape index (κ3) is 7.32. The molecule has 5 atom stereocenters. The summed E-state index contributed by atoms with van der Waals surface area (Å²) in [5.74, 6) is -2.50. The standard InChI is InChI=1S/C31H44N6O7/c1-4-19(2)26-31(42)36-17-11-10-15-24(36)29(40)32-22(13-6-5-7-16-25(38)35-43)28(39)34-27(30(41)33-26)21-18-37(44-3)23-14-9-8-12-20(21)23/h8-9,12,14,18-19,22,24,26-27,43H,4-7,10-11,13,15-17H2,1-3H3,(H,32,40)(H,33,41)(H,34,39)(H,35,38). The van der Waals surface area contributed by atoms with Crippen LogP contribution in [0.25, 0.3) is 10.9 Å². The van der Waals surface area contributed by atoms with Gasteiger partial charge in [0.15, 0.2) is 0 Å². The molecular weight excluding hydrogens is 568 g/mol. The van der Waals surface area contributed by atoms with E-state index in [1.165, 1.54) is 11.8 Å². The number of fused-ring (bicyclic) bond motifs is 2. The van der Waals surface area contributed by atoms with Gasteiger partial charge in [-0.3, -0.25) is 29.2 Å². The fraction of sp³-hybridized carbons (Fsp3) is 0.581. The number of para-hydroxylation sites is 1. The van der Waals surface area contributed by atoms with E-state index >= 15 is 0 Å². The van der Waals surface area contributed by atoms with Crippen LogP contribution in [0.1, 0.15) is 83.2 Å². The van der Waals surface area contributed by atoms with Gasteiger partial charge in [-0.25, -0.2) is 5.48 Å². The maximum Gasteiger partial charge on any atom is 0.247 e. The molecule has 2 saturated heterocycles. The van der Waals surface area contributed by atoms with Crippen molar-refractivity contribution < 1.29 is 34.0 Å². The Morgan fingerprint density at radius 1 is 1.05 bits per heavy atom.